The molecule has 0 N–H and O–H groups in total. The highest BCUT2D eigenvalue weighted by molar-refractivity contribution is 7.99. The maximum atomic E-state index is 9.12. The summed E-state index contributed by atoms with van der Waals surface area (Å²) in [6.07, 6.45) is 4.30. The number of hydrogen-bond acceptors (Lipinski definition) is 4. The van der Waals surface area contributed by atoms with Crippen LogP contribution in [0, 0.1) is 11.3 Å². The molecular formula is C13H16N2OS. The number of nitrogens with zero attached hydrogens (tertiary/aromatic N) is 2. The predicted molar refractivity (Wildman–Crippen MR) is 68.2 cm³/mol. The first-order valence-electron chi connectivity index (χ1n) is 5.90. The molecule has 0 aliphatic heterocycles. The lowest BCUT2D eigenvalue weighted by atomic mass is 10.2. The Morgan fingerprint density at radius 3 is 3.18 bits per heavy atom. The van der Waals surface area contributed by atoms with Gasteiger partial charge in [-0.15, -0.1) is 11.8 Å². The quantitative estimate of drug-likeness (QED) is 0.593. The zero-order valence-electron chi connectivity index (χ0n) is 10.0. The monoisotopic (exact) mass is 248 g/mol. The van der Waals surface area contributed by atoms with Gasteiger partial charge in [0.25, 0.3) is 0 Å². The van der Waals surface area contributed by atoms with E-state index < -0.39 is 0 Å². The fourth-order valence-corrected chi connectivity index (χ4v) is 2.91. The molecule has 2 rings (SSSR count). The van der Waals surface area contributed by atoms with Crippen LogP contribution in [0.2, 0.25) is 0 Å². The molecule has 0 amide bonds. The van der Waals surface area contributed by atoms with E-state index in [2.05, 4.69) is 11.1 Å². The summed E-state index contributed by atoms with van der Waals surface area (Å²) in [5.41, 5.74) is 3.19. The molecule has 0 bridgehead atoms. The Morgan fingerprint density at radius 2 is 2.41 bits per heavy atom. The molecule has 1 aromatic rings. The second-order valence-corrected chi connectivity index (χ2v) is 5.19. The van der Waals surface area contributed by atoms with Gasteiger partial charge in [-0.1, -0.05) is 0 Å². The van der Waals surface area contributed by atoms with Gasteiger partial charge >= 0.3 is 0 Å². The molecule has 0 fully saturated rings. The highest BCUT2D eigenvalue weighted by Crippen LogP contribution is 2.27. The second-order valence-electron chi connectivity index (χ2n) is 4.11. The standard InChI is InChI=1S/C13H16N2OS/c1-16-6-3-7-17-13-11(9-14)8-10-4-2-5-12(10)15-13/h8H,2-7H2,1H3. The van der Waals surface area contributed by atoms with Crippen molar-refractivity contribution in [3.05, 3.63) is 22.9 Å². The summed E-state index contributed by atoms with van der Waals surface area (Å²) < 4.78 is 5.01. The molecular weight excluding hydrogens is 232 g/mol. The van der Waals surface area contributed by atoms with E-state index in [9.17, 15) is 0 Å². The van der Waals surface area contributed by atoms with Crippen LogP contribution in [0.1, 0.15) is 29.7 Å². The lowest BCUT2D eigenvalue weighted by Gasteiger charge is -2.06. The molecule has 90 valence electrons. The number of pyridine rings is 1. The first-order chi connectivity index (χ1) is 8.35. The largest absolute Gasteiger partial charge is 0.385 e. The van der Waals surface area contributed by atoms with E-state index >= 15 is 0 Å². The number of hydrogen-bond donors (Lipinski definition) is 0. The third-order valence-electron chi connectivity index (χ3n) is 2.87. The molecule has 0 saturated carbocycles. The van der Waals surface area contributed by atoms with Crippen molar-refractivity contribution in [2.24, 2.45) is 0 Å². The van der Waals surface area contributed by atoms with E-state index in [1.165, 1.54) is 17.7 Å². The number of aromatic nitrogens is 1. The first-order valence-corrected chi connectivity index (χ1v) is 6.88. The molecule has 0 atom stereocenters. The minimum absolute atomic E-state index is 0.730. The summed E-state index contributed by atoms with van der Waals surface area (Å²) >= 11 is 1.66. The molecule has 1 heterocycles. The lowest BCUT2D eigenvalue weighted by Crippen LogP contribution is -1.97. The molecule has 17 heavy (non-hydrogen) atoms. The summed E-state index contributed by atoms with van der Waals surface area (Å²) in [6.45, 7) is 0.764. The van der Waals surface area contributed by atoms with E-state index in [4.69, 9.17) is 10.00 Å². The van der Waals surface area contributed by atoms with Gasteiger partial charge in [0, 0.05) is 25.2 Å². The Morgan fingerprint density at radius 1 is 1.53 bits per heavy atom. The van der Waals surface area contributed by atoms with Crippen LogP contribution >= 0.6 is 11.8 Å². The van der Waals surface area contributed by atoms with Gasteiger partial charge in [0.05, 0.1) is 5.56 Å². The Hall–Kier alpha value is -1.05. The number of aryl methyl sites for hydroxylation is 2. The van der Waals surface area contributed by atoms with Crippen LogP contribution in [0.4, 0.5) is 0 Å². The fraction of sp³-hybridized carbons (Fsp3) is 0.538. The van der Waals surface area contributed by atoms with Gasteiger partial charge in [-0.05, 0) is 37.3 Å². The maximum absolute atomic E-state index is 9.12. The van der Waals surface area contributed by atoms with Crippen molar-refractivity contribution in [3.63, 3.8) is 0 Å². The summed E-state index contributed by atoms with van der Waals surface area (Å²) in [7, 11) is 1.71. The summed E-state index contributed by atoms with van der Waals surface area (Å²) in [6, 6.07) is 4.27. The third kappa shape index (κ3) is 2.99. The van der Waals surface area contributed by atoms with Gasteiger partial charge < -0.3 is 4.74 Å². The molecule has 4 heteroatoms. The minimum Gasteiger partial charge on any atom is -0.385 e. The van der Waals surface area contributed by atoms with Crippen molar-refractivity contribution in [1.29, 1.82) is 5.26 Å². The van der Waals surface area contributed by atoms with Gasteiger partial charge in [0.2, 0.25) is 0 Å². The Kier molecular flexibility index (Phi) is 4.41. The summed E-state index contributed by atoms with van der Waals surface area (Å²) in [4.78, 5) is 4.62. The predicted octanol–water partition coefficient (Wildman–Crippen LogP) is 2.57. The van der Waals surface area contributed by atoms with Crippen LogP contribution in [-0.2, 0) is 17.6 Å². The average Bonchev–Trinajstić information content (AvgIpc) is 2.80. The number of ether oxygens (including phenoxy) is 1. The van der Waals surface area contributed by atoms with Gasteiger partial charge in [-0.3, -0.25) is 0 Å². The van der Waals surface area contributed by atoms with E-state index in [0.29, 0.717) is 0 Å². The molecule has 0 radical (unpaired) electrons. The van der Waals surface area contributed by atoms with Crippen molar-refractivity contribution >= 4 is 11.8 Å². The molecule has 1 aliphatic rings. The topological polar surface area (TPSA) is 45.9 Å². The Bertz CT molecular complexity index is 440. The van der Waals surface area contributed by atoms with Crippen molar-refractivity contribution in [3.8, 4) is 6.07 Å². The second kappa shape index (κ2) is 6.04. The van der Waals surface area contributed by atoms with Crippen molar-refractivity contribution in [2.45, 2.75) is 30.7 Å². The third-order valence-corrected chi connectivity index (χ3v) is 3.95. The van der Waals surface area contributed by atoms with E-state index in [0.717, 1.165) is 42.2 Å². The summed E-state index contributed by atoms with van der Waals surface area (Å²) in [5, 5.41) is 10.0. The van der Waals surface area contributed by atoms with Crippen LogP contribution in [-0.4, -0.2) is 24.5 Å². The minimum atomic E-state index is 0.730. The molecule has 0 saturated heterocycles. The van der Waals surface area contributed by atoms with Gasteiger partial charge in [0.1, 0.15) is 11.1 Å². The van der Waals surface area contributed by atoms with Crippen LogP contribution in [0.5, 0.6) is 0 Å². The van der Waals surface area contributed by atoms with Crippen molar-refractivity contribution in [1.82, 2.24) is 4.98 Å². The zero-order valence-corrected chi connectivity index (χ0v) is 10.8. The average molecular weight is 248 g/mol. The van der Waals surface area contributed by atoms with Gasteiger partial charge in [0.15, 0.2) is 0 Å². The number of rotatable bonds is 5. The smallest absolute Gasteiger partial charge is 0.114 e. The first kappa shape index (κ1) is 12.4. The van der Waals surface area contributed by atoms with E-state index in [1.54, 1.807) is 18.9 Å². The van der Waals surface area contributed by atoms with Crippen LogP contribution in [0.3, 0.4) is 0 Å². The SMILES string of the molecule is COCCCSc1nc2c(cc1C#N)CCC2. The highest BCUT2D eigenvalue weighted by Gasteiger charge is 2.16. The molecule has 1 aromatic heterocycles. The van der Waals surface area contributed by atoms with Gasteiger partial charge in [-0.25, -0.2) is 4.98 Å². The molecule has 0 spiro atoms. The summed E-state index contributed by atoms with van der Waals surface area (Å²) in [5.74, 6) is 0.953. The fourth-order valence-electron chi connectivity index (χ4n) is 2.02. The van der Waals surface area contributed by atoms with E-state index in [1.807, 2.05) is 6.07 Å². The normalized spacial score (nSPS) is 13.4. The van der Waals surface area contributed by atoms with Crippen LogP contribution in [0.15, 0.2) is 11.1 Å². The molecule has 0 unspecified atom stereocenters. The Balaban J connectivity index is 2.08. The maximum Gasteiger partial charge on any atom is 0.114 e. The number of nitriles is 1. The lowest BCUT2D eigenvalue weighted by molar-refractivity contribution is 0.200. The Labute approximate surface area is 106 Å². The van der Waals surface area contributed by atoms with Crippen molar-refractivity contribution < 1.29 is 4.74 Å². The number of methoxy groups -OCH3 is 1. The molecule has 0 aromatic carbocycles. The van der Waals surface area contributed by atoms with Crippen LogP contribution < -0.4 is 0 Å². The number of thioether (sulfide) groups is 1. The highest BCUT2D eigenvalue weighted by atomic mass is 32.2. The van der Waals surface area contributed by atoms with Crippen molar-refractivity contribution in [2.75, 3.05) is 19.5 Å². The molecule has 3 nitrogen and oxygen atoms in total. The number of fused-ring (bicyclic) bond motifs is 1. The van der Waals surface area contributed by atoms with Crippen LogP contribution in [0.25, 0.3) is 0 Å². The van der Waals surface area contributed by atoms with Gasteiger partial charge in [-0.2, -0.15) is 5.26 Å². The molecule has 1 aliphatic carbocycles. The zero-order chi connectivity index (χ0) is 12.1. The van der Waals surface area contributed by atoms with E-state index in [-0.39, 0.29) is 0 Å².